The molecule has 0 radical (unpaired) electrons. The van der Waals surface area contributed by atoms with Gasteiger partial charge in [0.15, 0.2) is 0 Å². The molecule has 0 unspecified atom stereocenters. The predicted molar refractivity (Wildman–Crippen MR) is 164 cm³/mol. The van der Waals surface area contributed by atoms with Crippen molar-refractivity contribution in [1.29, 1.82) is 0 Å². The summed E-state index contributed by atoms with van der Waals surface area (Å²) in [7, 11) is 0. The van der Waals surface area contributed by atoms with Gasteiger partial charge in [-0.25, -0.2) is 0 Å². The molecule has 2 rings (SSSR count). The van der Waals surface area contributed by atoms with Crippen LogP contribution in [0.3, 0.4) is 0 Å². The molecule has 0 saturated carbocycles. The highest BCUT2D eigenvalue weighted by Gasteiger charge is 2.12. The first-order valence-electron chi connectivity index (χ1n) is 10.8. The number of anilines is 2. The van der Waals surface area contributed by atoms with Gasteiger partial charge in [-0.1, -0.05) is 87.0 Å². The predicted octanol–water partition coefficient (Wildman–Crippen LogP) is 9.63. The van der Waals surface area contributed by atoms with Crippen LogP contribution in [0.25, 0.3) is 9.81 Å². The summed E-state index contributed by atoms with van der Waals surface area (Å²) in [5.74, 6) is 0. The molecule has 0 aliphatic heterocycles. The molecule has 2 aromatic rings. The van der Waals surface area contributed by atoms with E-state index in [0.29, 0.717) is 0 Å². The molecule has 0 amide bonds. The van der Waals surface area contributed by atoms with Crippen LogP contribution in [0.4, 0.5) is 11.4 Å². The number of nitrogens with zero attached hydrogens (tertiary/aromatic N) is 1. The summed E-state index contributed by atoms with van der Waals surface area (Å²) in [4.78, 5) is 5.31. The average Bonchev–Trinajstić information content (AvgIpc) is 2.85. The highest BCUT2D eigenvalue weighted by Crippen LogP contribution is 2.31. The van der Waals surface area contributed by atoms with E-state index in [9.17, 15) is 0 Å². The Morgan fingerprint density at radius 1 is 0.706 bits per heavy atom. The van der Waals surface area contributed by atoms with Crippen molar-refractivity contribution in [1.82, 2.24) is 0 Å². The lowest BCUT2D eigenvalue weighted by atomic mass is 10.1. The highest BCUT2D eigenvalue weighted by atomic mass is 32.2. The van der Waals surface area contributed by atoms with Crippen molar-refractivity contribution >= 4 is 58.2 Å². The molecule has 1 nitrogen and oxygen atoms in total. The maximum atomic E-state index is 4.56. The lowest BCUT2D eigenvalue weighted by molar-refractivity contribution is 0.933. The van der Waals surface area contributed by atoms with Crippen molar-refractivity contribution in [3.63, 3.8) is 0 Å². The summed E-state index contributed by atoms with van der Waals surface area (Å²) < 4.78 is 0. The van der Waals surface area contributed by atoms with Gasteiger partial charge in [-0.2, -0.15) is 0 Å². The summed E-state index contributed by atoms with van der Waals surface area (Å²) in [5.41, 5.74) is 4.31. The molecule has 0 spiro atoms. The lowest BCUT2D eigenvalue weighted by Gasteiger charge is -2.26. The minimum atomic E-state index is 0.805. The largest absolute Gasteiger partial charge is 0.341 e. The van der Waals surface area contributed by atoms with Gasteiger partial charge in [0, 0.05) is 27.7 Å². The van der Waals surface area contributed by atoms with Gasteiger partial charge in [0.25, 0.3) is 0 Å². The van der Waals surface area contributed by atoms with Gasteiger partial charge in [0.1, 0.15) is 0 Å². The van der Waals surface area contributed by atoms with E-state index in [0.717, 1.165) is 45.3 Å². The van der Waals surface area contributed by atoms with Crippen molar-refractivity contribution in [2.75, 3.05) is 11.4 Å². The maximum absolute atomic E-state index is 4.56. The molecule has 0 aliphatic carbocycles. The first-order valence-corrected chi connectivity index (χ1v) is 12.6. The second kappa shape index (κ2) is 15.2. The molecule has 174 valence electrons. The van der Waals surface area contributed by atoms with Crippen molar-refractivity contribution in [3.05, 3.63) is 145 Å². The zero-order valence-electron chi connectivity index (χ0n) is 19.3. The Balaban J connectivity index is 2.38. The quantitative estimate of drug-likeness (QED) is 0.208. The van der Waals surface area contributed by atoms with Crippen LogP contribution in [0.2, 0.25) is 0 Å². The fourth-order valence-corrected chi connectivity index (χ4v) is 4.42. The molecule has 2 aromatic carbocycles. The smallest absolute Gasteiger partial charge is 0.0411 e. The third-order valence-electron chi connectivity index (χ3n) is 4.82. The van der Waals surface area contributed by atoms with Crippen LogP contribution >= 0.6 is 37.0 Å². The van der Waals surface area contributed by atoms with Crippen molar-refractivity contribution in [2.24, 2.45) is 0 Å². The van der Waals surface area contributed by atoms with E-state index in [-0.39, 0.29) is 0 Å². The second-order valence-electron chi connectivity index (χ2n) is 7.12. The van der Waals surface area contributed by atoms with Gasteiger partial charge >= 0.3 is 0 Å². The zero-order valence-corrected chi connectivity index (χ0v) is 21.9. The molecule has 0 aromatic heterocycles. The van der Waals surface area contributed by atoms with Crippen LogP contribution < -0.4 is 4.90 Å². The van der Waals surface area contributed by atoms with E-state index in [4.69, 9.17) is 0 Å². The first kappa shape index (κ1) is 27.5. The number of hydrogen-bond donors (Lipinski definition) is 2. The van der Waals surface area contributed by atoms with E-state index < -0.39 is 0 Å². The van der Waals surface area contributed by atoms with Gasteiger partial charge in [0.05, 0.1) is 0 Å². The molecule has 0 aliphatic rings. The number of thiol groups is 2. The molecule has 0 N–H and O–H groups in total. The highest BCUT2D eigenvalue weighted by molar-refractivity contribution is 8.05. The van der Waals surface area contributed by atoms with E-state index in [1.165, 1.54) is 4.91 Å². The Kier molecular flexibility index (Phi) is 12.3. The third kappa shape index (κ3) is 8.53. The summed E-state index contributed by atoms with van der Waals surface area (Å²) in [5, 5.41) is 2.04. The normalized spacial score (nSPS) is 12.5. The molecule has 0 bridgehead atoms. The molecular weight excluding hydrogens is 471 g/mol. The molecule has 34 heavy (non-hydrogen) atoms. The van der Waals surface area contributed by atoms with Crippen LogP contribution in [-0.2, 0) is 0 Å². The van der Waals surface area contributed by atoms with Crippen molar-refractivity contribution < 1.29 is 0 Å². The third-order valence-corrected chi connectivity index (χ3v) is 6.57. The molecule has 0 atom stereocenters. The lowest BCUT2D eigenvalue weighted by Crippen LogP contribution is -2.18. The Labute approximate surface area is 220 Å². The Morgan fingerprint density at radius 3 is 1.59 bits per heavy atom. The number of rotatable bonds is 13. The van der Waals surface area contributed by atoms with E-state index in [1.807, 2.05) is 29.7 Å². The van der Waals surface area contributed by atoms with Gasteiger partial charge in [0.2, 0.25) is 0 Å². The van der Waals surface area contributed by atoms with Gasteiger partial charge in [-0.05, 0) is 64.3 Å². The number of thioether (sulfide) groups is 1. The minimum Gasteiger partial charge on any atom is -0.341 e. The Hall–Kier alpha value is -2.79. The molecule has 0 heterocycles. The Bertz CT molecular complexity index is 1030. The summed E-state index contributed by atoms with van der Waals surface area (Å²) in [6.45, 7) is 15.9. The standard InChI is InChI=1S/C30H31NS3/c1-5-9-23-34-28(10-6-2)21-22-31(26-17-13-24(14-18-26)29(32)11-7-3)27-19-15-25(16-20-27)30(33)12-8-4/h5-20,23,32-33H,1-4,21-22H2/b23-9-,28-10+,29-11-,30-12-. The first-order chi connectivity index (χ1) is 16.5. The van der Waals surface area contributed by atoms with Crippen LogP contribution in [0.15, 0.2) is 134 Å². The van der Waals surface area contributed by atoms with E-state index >= 15 is 0 Å². The SMILES string of the molecule is C=C/C=C\S/C(=C/C=C)CCN(c1ccc(/C(S)=C/C=C)cc1)c1ccc(/C(S)=C/C=C)cc1. The zero-order chi connectivity index (χ0) is 24.8. The van der Waals surface area contributed by atoms with E-state index in [1.54, 1.807) is 30.0 Å². The molecule has 0 saturated heterocycles. The van der Waals surface area contributed by atoms with Gasteiger partial charge < -0.3 is 4.90 Å². The molecule has 0 fully saturated rings. The van der Waals surface area contributed by atoms with Gasteiger partial charge in [-0.3, -0.25) is 0 Å². The maximum Gasteiger partial charge on any atom is 0.0411 e. The van der Waals surface area contributed by atoms with Crippen LogP contribution in [0.1, 0.15) is 17.5 Å². The molecular formula is C30H31NS3. The monoisotopic (exact) mass is 501 g/mol. The topological polar surface area (TPSA) is 3.24 Å². The van der Waals surface area contributed by atoms with Crippen LogP contribution in [-0.4, -0.2) is 6.54 Å². The van der Waals surface area contributed by atoms with Crippen LogP contribution in [0, 0.1) is 0 Å². The minimum absolute atomic E-state index is 0.805. The number of benzene rings is 2. The summed E-state index contributed by atoms with van der Waals surface area (Å²) in [6.07, 6.45) is 15.7. The Morgan fingerprint density at radius 2 is 1.18 bits per heavy atom. The number of allylic oxidation sites excluding steroid dienone is 8. The summed E-state index contributed by atoms with van der Waals surface area (Å²) >= 11 is 10.8. The average molecular weight is 502 g/mol. The van der Waals surface area contributed by atoms with Gasteiger partial charge in [-0.15, -0.1) is 37.0 Å². The summed E-state index contributed by atoms with van der Waals surface area (Å²) in [6, 6.07) is 16.8. The molecule has 4 heteroatoms. The number of hydrogen-bond acceptors (Lipinski definition) is 4. The van der Waals surface area contributed by atoms with Crippen LogP contribution in [0.5, 0.6) is 0 Å². The fraction of sp³-hybridized carbons (Fsp3) is 0.0667. The second-order valence-corrected chi connectivity index (χ2v) is 9.12. The van der Waals surface area contributed by atoms with Crippen molar-refractivity contribution in [2.45, 2.75) is 6.42 Å². The fourth-order valence-electron chi connectivity index (χ4n) is 3.16. The van der Waals surface area contributed by atoms with E-state index in [2.05, 4.69) is 111 Å². The van der Waals surface area contributed by atoms with Crippen molar-refractivity contribution in [3.8, 4) is 0 Å².